The highest BCUT2D eigenvalue weighted by molar-refractivity contribution is 7.89. The lowest BCUT2D eigenvalue weighted by molar-refractivity contribution is 0.311. The molecule has 1 aliphatic rings. The Morgan fingerprint density at radius 3 is 2.65 bits per heavy atom. The van der Waals surface area contributed by atoms with E-state index < -0.39 is 10.0 Å². The van der Waals surface area contributed by atoms with Crippen LogP contribution in [-0.4, -0.2) is 27.6 Å². The van der Waals surface area contributed by atoms with Gasteiger partial charge in [-0.25, -0.2) is 13.6 Å². The largest absolute Gasteiger partial charge is 0.494 e. The summed E-state index contributed by atoms with van der Waals surface area (Å²) in [6.45, 7) is 3.51. The number of primary sulfonamides is 1. The van der Waals surface area contributed by atoms with Gasteiger partial charge in [-0.2, -0.15) is 5.26 Å². The maximum absolute atomic E-state index is 11.5. The number of ether oxygens (including phenoxy) is 1. The van der Waals surface area contributed by atoms with Gasteiger partial charge >= 0.3 is 0 Å². The van der Waals surface area contributed by atoms with E-state index in [1.54, 1.807) is 36.4 Å². The number of fused-ring (bicyclic) bond motifs is 1. The van der Waals surface area contributed by atoms with Crippen molar-refractivity contribution in [1.29, 1.82) is 5.26 Å². The van der Waals surface area contributed by atoms with Gasteiger partial charge in [0, 0.05) is 18.3 Å². The molecule has 1 unspecified atom stereocenters. The van der Waals surface area contributed by atoms with Crippen molar-refractivity contribution in [2.45, 2.75) is 30.7 Å². The Morgan fingerprint density at radius 2 is 2.00 bits per heavy atom. The van der Waals surface area contributed by atoms with Crippen molar-refractivity contribution in [3.63, 3.8) is 0 Å². The number of nitrogens with two attached hydrogens (primary N) is 1. The Kier molecular flexibility index (Phi) is 5.16. The Labute approximate surface area is 153 Å². The zero-order chi connectivity index (χ0) is 18.7. The number of rotatable bonds is 6. The first-order chi connectivity index (χ1) is 12.4. The number of sulfonamides is 1. The standard InChI is InChI=1S/C19H21N3O3S/c1-14-11-16-12-18(26(21,23)24)7-8-19(16)22(14)9-2-10-25-17-5-3-15(13-20)4-6-17/h3-8,12,14H,2,9-11H2,1H3,(H2,21,23,24). The number of nitriles is 1. The molecule has 0 amide bonds. The molecule has 1 atom stereocenters. The van der Waals surface area contributed by atoms with Crippen LogP contribution in [0.15, 0.2) is 47.4 Å². The van der Waals surface area contributed by atoms with E-state index in [0.29, 0.717) is 18.2 Å². The van der Waals surface area contributed by atoms with Crippen molar-refractivity contribution in [2.75, 3.05) is 18.1 Å². The lowest BCUT2D eigenvalue weighted by Gasteiger charge is -2.25. The zero-order valence-electron chi connectivity index (χ0n) is 14.6. The topological polar surface area (TPSA) is 96.4 Å². The lowest BCUT2D eigenvalue weighted by Crippen LogP contribution is -2.31. The number of anilines is 1. The van der Waals surface area contributed by atoms with E-state index in [1.807, 2.05) is 6.07 Å². The predicted molar refractivity (Wildman–Crippen MR) is 99.6 cm³/mol. The molecule has 3 rings (SSSR count). The highest BCUT2D eigenvalue weighted by Gasteiger charge is 2.26. The van der Waals surface area contributed by atoms with E-state index >= 15 is 0 Å². The second-order valence-electron chi connectivity index (χ2n) is 6.42. The maximum Gasteiger partial charge on any atom is 0.238 e. The quantitative estimate of drug-likeness (QED) is 0.787. The van der Waals surface area contributed by atoms with Crippen LogP contribution >= 0.6 is 0 Å². The average molecular weight is 371 g/mol. The summed E-state index contributed by atoms with van der Waals surface area (Å²) in [4.78, 5) is 2.43. The SMILES string of the molecule is CC1Cc2cc(S(N)(=O)=O)ccc2N1CCCOc1ccc(C#N)cc1. The van der Waals surface area contributed by atoms with Crippen molar-refractivity contribution in [1.82, 2.24) is 0 Å². The highest BCUT2D eigenvalue weighted by atomic mass is 32.2. The molecule has 0 saturated carbocycles. The zero-order valence-corrected chi connectivity index (χ0v) is 15.4. The minimum Gasteiger partial charge on any atom is -0.494 e. The van der Waals surface area contributed by atoms with Crippen LogP contribution in [0.5, 0.6) is 5.75 Å². The molecule has 0 bridgehead atoms. The minimum atomic E-state index is -3.67. The van der Waals surface area contributed by atoms with Crippen LogP contribution in [0.3, 0.4) is 0 Å². The summed E-state index contributed by atoms with van der Waals surface area (Å²) in [5.74, 6) is 0.747. The average Bonchev–Trinajstić information content (AvgIpc) is 2.93. The molecule has 2 N–H and O–H groups in total. The fourth-order valence-corrected chi connectivity index (χ4v) is 3.80. The molecule has 7 heteroatoms. The Morgan fingerprint density at radius 1 is 1.27 bits per heavy atom. The third-order valence-electron chi connectivity index (χ3n) is 4.53. The maximum atomic E-state index is 11.5. The summed E-state index contributed by atoms with van der Waals surface area (Å²) in [7, 11) is -3.67. The third-order valence-corrected chi connectivity index (χ3v) is 5.44. The van der Waals surface area contributed by atoms with E-state index in [4.69, 9.17) is 15.1 Å². The smallest absolute Gasteiger partial charge is 0.238 e. The summed E-state index contributed by atoms with van der Waals surface area (Å²) >= 11 is 0. The molecule has 1 aliphatic heterocycles. The number of nitrogens with zero attached hydrogens (tertiary/aromatic N) is 2. The Balaban J connectivity index is 1.58. The molecular formula is C19H21N3O3S. The number of hydrogen-bond donors (Lipinski definition) is 1. The van der Waals surface area contributed by atoms with Crippen LogP contribution in [-0.2, 0) is 16.4 Å². The van der Waals surface area contributed by atoms with Gasteiger partial charge in [-0.1, -0.05) is 0 Å². The molecule has 136 valence electrons. The van der Waals surface area contributed by atoms with E-state index in [9.17, 15) is 8.42 Å². The predicted octanol–water partition coefficient (Wildman–Crippen LogP) is 2.43. The summed E-state index contributed by atoms with van der Waals surface area (Å²) in [5.41, 5.74) is 2.68. The van der Waals surface area contributed by atoms with Gasteiger partial charge in [0.2, 0.25) is 10.0 Å². The van der Waals surface area contributed by atoms with Crippen LogP contribution in [0, 0.1) is 11.3 Å². The molecule has 2 aromatic rings. The van der Waals surface area contributed by atoms with Gasteiger partial charge in [-0.05, 0) is 67.8 Å². The molecular weight excluding hydrogens is 350 g/mol. The van der Waals surface area contributed by atoms with Gasteiger partial charge in [-0.3, -0.25) is 0 Å². The first-order valence-electron chi connectivity index (χ1n) is 8.44. The molecule has 0 spiro atoms. The monoisotopic (exact) mass is 371 g/mol. The normalized spacial score (nSPS) is 16.2. The molecule has 2 aromatic carbocycles. The molecule has 26 heavy (non-hydrogen) atoms. The van der Waals surface area contributed by atoms with Crippen LogP contribution in [0.25, 0.3) is 0 Å². The first kappa shape index (κ1) is 18.2. The Bertz CT molecular complexity index is 933. The van der Waals surface area contributed by atoms with E-state index in [1.165, 1.54) is 0 Å². The van der Waals surface area contributed by atoms with Gasteiger partial charge in [0.15, 0.2) is 0 Å². The van der Waals surface area contributed by atoms with Crippen molar-refractivity contribution in [3.05, 3.63) is 53.6 Å². The molecule has 0 aliphatic carbocycles. The fraction of sp³-hybridized carbons (Fsp3) is 0.316. The molecule has 1 heterocycles. The van der Waals surface area contributed by atoms with Gasteiger partial charge in [0.1, 0.15) is 5.75 Å². The van der Waals surface area contributed by atoms with Gasteiger partial charge < -0.3 is 9.64 Å². The van der Waals surface area contributed by atoms with Crippen LogP contribution in [0.4, 0.5) is 5.69 Å². The summed E-state index contributed by atoms with van der Waals surface area (Å²) < 4.78 is 28.7. The van der Waals surface area contributed by atoms with E-state index in [2.05, 4.69) is 17.9 Å². The molecule has 0 aromatic heterocycles. The molecule has 0 saturated heterocycles. The first-order valence-corrected chi connectivity index (χ1v) is 9.98. The van der Waals surface area contributed by atoms with Crippen molar-refractivity contribution in [2.24, 2.45) is 5.14 Å². The molecule has 0 fully saturated rings. The van der Waals surface area contributed by atoms with Crippen molar-refractivity contribution in [3.8, 4) is 11.8 Å². The second kappa shape index (κ2) is 7.36. The summed E-state index contributed by atoms with van der Waals surface area (Å²) in [6.07, 6.45) is 1.63. The van der Waals surface area contributed by atoms with Gasteiger partial charge in [-0.15, -0.1) is 0 Å². The van der Waals surface area contributed by atoms with E-state index in [-0.39, 0.29) is 4.90 Å². The fourth-order valence-electron chi connectivity index (χ4n) is 3.24. The van der Waals surface area contributed by atoms with Gasteiger partial charge in [0.05, 0.1) is 23.1 Å². The summed E-state index contributed by atoms with van der Waals surface area (Å²) in [5, 5.41) is 14.0. The van der Waals surface area contributed by atoms with Crippen LogP contribution < -0.4 is 14.8 Å². The minimum absolute atomic E-state index is 0.162. The molecule has 6 nitrogen and oxygen atoms in total. The lowest BCUT2D eigenvalue weighted by atomic mass is 10.1. The number of hydrogen-bond acceptors (Lipinski definition) is 5. The third kappa shape index (κ3) is 3.98. The van der Waals surface area contributed by atoms with Crippen LogP contribution in [0.2, 0.25) is 0 Å². The van der Waals surface area contributed by atoms with Crippen molar-refractivity contribution < 1.29 is 13.2 Å². The number of benzene rings is 2. The van der Waals surface area contributed by atoms with E-state index in [0.717, 1.165) is 36.4 Å². The Hall–Kier alpha value is -2.56. The van der Waals surface area contributed by atoms with Gasteiger partial charge in [0.25, 0.3) is 0 Å². The van der Waals surface area contributed by atoms with Crippen molar-refractivity contribution >= 4 is 15.7 Å². The van der Waals surface area contributed by atoms with Crippen LogP contribution in [0.1, 0.15) is 24.5 Å². The summed E-state index contributed by atoms with van der Waals surface area (Å²) in [6, 6.07) is 14.5. The molecule has 0 radical (unpaired) electrons. The second-order valence-corrected chi connectivity index (χ2v) is 7.98. The highest BCUT2D eigenvalue weighted by Crippen LogP contribution is 2.33.